The SMILES string of the molecule is CC.CC[C@H](CCC#N)OC(=O)NCc1cccc(NC(=O)Nc2ccc(C3=CNCO3)c(OC)c2)c1. The molecule has 3 amide bonds. The summed E-state index contributed by atoms with van der Waals surface area (Å²) in [4.78, 5) is 24.6. The van der Waals surface area contributed by atoms with Crippen molar-refractivity contribution < 1.29 is 23.8 Å². The van der Waals surface area contributed by atoms with E-state index in [1.165, 1.54) is 0 Å². The van der Waals surface area contributed by atoms with Crippen LogP contribution in [-0.4, -0.2) is 32.1 Å². The van der Waals surface area contributed by atoms with E-state index in [4.69, 9.17) is 19.5 Å². The van der Waals surface area contributed by atoms with Crippen molar-refractivity contribution in [2.75, 3.05) is 24.5 Å². The molecule has 1 aliphatic rings. The molecule has 2 aromatic carbocycles. The highest BCUT2D eigenvalue weighted by Crippen LogP contribution is 2.30. The first-order chi connectivity index (χ1) is 18.0. The van der Waals surface area contributed by atoms with Crippen LogP contribution in [0.15, 0.2) is 48.7 Å². The van der Waals surface area contributed by atoms with Gasteiger partial charge in [-0.1, -0.05) is 32.9 Å². The van der Waals surface area contributed by atoms with Gasteiger partial charge in [-0.05, 0) is 42.7 Å². The zero-order valence-electron chi connectivity index (χ0n) is 21.7. The normalized spacial score (nSPS) is 12.2. The lowest BCUT2D eigenvalue weighted by Crippen LogP contribution is -2.28. The van der Waals surface area contributed by atoms with Gasteiger partial charge in [0.2, 0.25) is 0 Å². The average molecular weight is 510 g/mol. The fourth-order valence-corrected chi connectivity index (χ4v) is 3.42. The first kappa shape index (κ1) is 28.8. The molecular weight excluding hydrogens is 474 g/mol. The Morgan fingerprint density at radius 3 is 2.57 bits per heavy atom. The minimum absolute atomic E-state index is 0.232. The molecule has 0 aliphatic carbocycles. The minimum Gasteiger partial charge on any atom is -0.496 e. The Bertz CT molecular complexity index is 1110. The predicted molar refractivity (Wildman–Crippen MR) is 143 cm³/mol. The van der Waals surface area contributed by atoms with E-state index in [9.17, 15) is 9.59 Å². The third-order valence-corrected chi connectivity index (χ3v) is 5.20. The molecule has 0 saturated heterocycles. The highest BCUT2D eigenvalue weighted by molar-refractivity contribution is 6.00. The number of ether oxygens (including phenoxy) is 3. The Morgan fingerprint density at radius 2 is 1.92 bits per heavy atom. The number of hydrogen-bond acceptors (Lipinski definition) is 7. The highest BCUT2D eigenvalue weighted by Gasteiger charge is 2.15. The van der Waals surface area contributed by atoms with Gasteiger partial charge in [-0.15, -0.1) is 0 Å². The van der Waals surface area contributed by atoms with Crippen LogP contribution in [0.5, 0.6) is 5.75 Å². The Hall–Kier alpha value is -4.39. The second-order valence-corrected chi connectivity index (χ2v) is 7.68. The van der Waals surface area contributed by atoms with Gasteiger partial charge in [0, 0.05) is 36.6 Å². The zero-order chi connectivity index (χ0) is 27.0. The van der Waals surface area contributed by atoms with Crippen molar-refractivity contribution in [1.82, 2.24) is 10.6 Å². The summed E-state index contributed by atoms with van der Waals surface area (Å²) < 4.78 is 16.3. The fraction of sp³-hybridized carbons (Fsp3) is 0.370. The van der Waals surface area contributed by atoms with Crippen LogP contribution in [0.25, 0.3) is 5.76 Å². The monoisotopic (exact) mass is 509 g/mol. The summed E-state index contributed by atoms with van der Waals surface area (Å²) in [5.74, 6) is 1.23. The second-order valence-electron chi connectivity index (χ2n) is 7.68. The van der Waals surface area contributed by atoms with Crippen molar-refractivity contribution in [1.29, 1.82) is 5.26 Å². The molecule has 198 valence electrons. The number of benzene rings is 2. The third kappa shape index (κ3) is 9.29. The molecular formula is C27H35N5O5. The molecule has 1 heterocycles. The lowest BCUT2D eigenvalue weighted by Gasteiger charge is -2.15. The average Bonchev–Trinajstić information content (AvgIpc) is 3.46. The van der Waals surface area contributed by atoms with Crippen molar-refractivity contribution >= 4 is 29.3 Å². The van der Waals surface area contributed by atoms with Crippen LogP contribution in [-0.2, 0) is 16.0 Å². The molecule has 10 nitrogen and oxygen atoms in total. The molecule has 4 N–H and O–H groups in total. The number of anilines is 2. The number of carbonyl (C=O) groups excluding carboxylic acids is 2. The number of rotatable bonds is 10. The van der Waals surface area contributed by atoms with Crippen molar-refractivity contribution in [3.05, 3.63) is 59.8 Å². The summed E-state index contributed by atoms with van der Waals surface area (Å²) in [5, 5.41) is 19.9. The summed E-state index contributed by atoms with van der Waals surface area (Å²) in [6, 6.07) is 14.0. The van der Waals surface area contributed by atoms with Crippen molar-refractivity contribution in [3.8, 4) is 11.8 Å². The van der Waals surface area contributed by atoms with Crippen LogP contribution in [0, 0.1) is 11.3 Å². The van der Waals surface area contributed by atoms with Crippen LogP contribution in [0.3, 0.4) is 0 Å². The molecule has 0 unspecified atom stereocenters. The predicted octanol–water partition coefficient (Wildman–Crippen LogP) is 5.55. The van der Waals surface area contributed by atoms with Crippen LogP contribution < -0.4 is 26.0 Å². The molecule has 0 aromatic heterocycles. The van der Waals surface area contributed by atoms with Crippen molar-refractivity contribution in [2.45, 2.75) is 52.7 Å². The Labute approximate surface area is 218 Å². The van der Waals surface area contributed by atoms with Gasteiger partial charge in [0.05, 0.1) is 18.7 Å². The molecule has 0 spiro atoms. The topological polar surface area (TPSA) is 134 Å². The molecule has 1 aliphatic heterocycles. The standard InChI is InChI=1S/C25H29N5O5.C2H6/c1-3-20(8-5-11-26)35-25(32)28-14-17-6-4-7-18(12-17)29-24(31)30-19-9-10-21(22(13-19)33-2)23-15-27-16-34-23;1-2/h4,6-7,9-10,12-13,15,20,27H,3,5,8,14,16H2,1-2H3,(H,28,32)(H2,29,30,31);1-2H3/t20-;/m1./s1. The van der Waals surface area contributed by atoms with Crippen LogP contribution in [0.2, 0.25) is 0 Å². The second kappa shape index (κ2) is 15.6. The lowest BCUT2D eigenvalue weighted by molar-refractivity contribution is 0.0906. The maximum atomic E-state index is 12.5. The number of carbonyl (C=O) groups is 2. The van der Waals surface area contributed by atoms with E-state index in [1.54, 1.807) is 43.6 Å². The largest absolute Gasteiger partial charge is 0.496 e. The molecule has 0 saturated carbocycles. The highest BCUT2D eigenvalue weighted by atomic mass is 16.6. The molecule has 1 atom stereocenters. The van der Waals surface area contributed by atoms with Gasteiger partial charge in [-0.25, -0.2) is 9.59 Å². The van der Waals surface area contributed by atoms with E-state index >= 15 is 0 Å². The Morgan fingerprint density at radius 1 is 1.16 bits per heavy atom. The van der Waals surface area contributed by atoms with Gasteiger partial charge >= 0.3 is 12.1 Å². The lowest BCUT2D eigenvalue weighted by atomic mass is 10.1. The number of nitrogens with one attached hydrogen (secondary N) is 4. The number of hydrogen-bond donors (Lipinski definition) is 4. The summed E-state index contributed by atoms with van der Waals surface area (Å²) in [5.41, 5.74) is 2.68. The van der Waals surface area contributed by atoms with E-state index in [1.807, 2.05) is 32.9 Å². The van der Waals surface area contributed by atoms with Crippen molar-refractivity contribution in [2.24, 2.45) is 0 Å². The number of nitriles is 1. The number of methoxy groups -OCH3 is 1. The molecule has 3 rings (SSSR count). The number of urea groups is 1. The van der Waals surface area contributed by atoms with Gasteiger partial charge in [0.15, 0.2) is 6.73 Å². The molecule has 2 aromatic rings. The quantitative estimate of drug-likeness (QED) is 0.330. The van der Waals surface area contributed by atoms with E-state index in [-0.39, 0.29) is 12.6 Å². The maximum Gasteiger partial charge on any atom is 0.407 e. The van der Waals surface area contributed by atoms with Crippen LogP contribution in [0.1, 0.15) is 51.2 Å². The van der Waals surface area contributed by atoms with Gasteiger partial charge in [0.25, 0.3) is 0 Å². The van der Waals surface area contributed by atoms with Gasteiger partial charge in [-0.2, -0.15) is 5.26 Å². The summed E-state index contributed by atoms with van der Waals surface area (Å²) in [6.07, 6.45) is 2.41. The number of alkyl carbamates (subject to hydrolysis) is 1. The third-order valence-electron chi connectivity index (χ3n) is 5.20. The van der Waals surface area contributed by atoms with E-state index in [0.717, 1.165) is 11.1 Å². The number of amides is 3. The molecule has 0 fully saturated rings. The van der Waals surface area contributed by atoms with Crippen LogP contribution >= 0.6 is 0 Å². The van der Waals surface area contributed by atoms with Gasteiger partial charge in [0.1, 0.15) is 17.6 Å². The molecule has 0 bridgehead atoms. The summed E-state index contributed by atoms with van der Waals surface area (Å²) >= 11 is 0. The smallest absolute Gasteiger partial charge is 0.407 e. The van der Waals surface area contributed by atoms with Gasteiger partial charge < -0.3 is 35.5 Å². The molecule has 0 radical (unpaired) electrons. The zero-order valence-corrected chi connectivity index (χ0v) is 21.7. The molecule has 37 heavy (non-hydrogen) atoms. The Balaban J connectivity index is 0.00000235. The Kier molecular flexibility index (Phi) is 12.1. The fourth-order valence-electron chi connectivity index (χ4n) is 3.42. The summed E-state index contributed by atoms with van der Waals surface area (Å²) in [7, 11) is 1.55. The first-order valence-electron chi connectivity index (χ1n) is 12.3. The first-order valence-corrected chi connectivity index (χ1v) is 12.3. The summed E-state index contributed by atoms with van der Waals surface area (Å²) in [6.45, 7) is 6.54. The van der Waals surface area contributed by atoms with E-state index in [2.05, 4.69) is 27.3 Å². The van der Waals surface area contributed by atoms with Crippen LogP contribution in [0.4, 0.5) is 21.0 Å². The van der Waals surface area contributed by atoms with E-state index in [0.29, 0.717) is 48.9 Å². The minimum atomic E-state index is -0.544. The molecule has 10 heteroatoms. The van der Waals surface area contributed by atoms with E-state index < -0.39 is 12.1 Å². The van der Waals surface area contributed by atoms with Gasteiger partial charge in [-0.3, -0.25) is 0 Å². The van der Waals surface area contributed by atoms with Crippen molar-refractivity contribution in [3.63, 3.8) is 0 Å². The maximum absolute atomic E-state index is 12.5. The number of nitrogens with zero attached hydrogens (tertiary/aromatic N) is 1.